The van der Waals surface area contributed by atoms with Crippen molar-refractivity contribution in [3.05, 3.63) is 22.8 Å². The van der Waals surface area contributed by atoms with Gasteiger partial charge in [0.15, 0.2) is 0 Å². The molecule has 2 atom stereocenters. The Morgan fingerprint density at radius 2 is 1.45 bits per heavy atom. The van der Waals surface area contributed by atoms with E-state index in [-0.39, 0.29) is 24.2 Å². The summed E-state index contributed by atoms with van der Waals surface area (Å²) in [6.07, 6.45) is 6.28. The van der Waals surface area contributed by atoms with E-state index < -0.39 is 5.41 Å². The third-order valence-corrected chi connectivity index (χ3v) is 10.7. The van der Waals surface area contributed by atoms with Gasteiger partial charge in [0.1, 0.15) is 0 Å². The Morgan fingerprint density at radius 1 is 0.879 bits per heavy atom. The quantitative estimate of drug-likeness (QED) is 0.588. The number of amides is 1. The topological polar surface area (TPSA) is 42.0 Å². The number of hydrogen-bond donors (Lipinski definition) is 0. The first kappa shape index (κ1) is 22.4. The van der Waals surface area contributed by atoms with E-state index in [9.17, 15) is 4.79 Å². The van der Waals surface area contributed by atoms with E-state index in [2.05, 4.69) is 71.3 Å². The fraction of sp³-hybridized carbons (Fsp3) is 0.815. The zero-order valence-electron chi connectivity index (χ0n) is 21.8. The molecule has 6 rings (SSSR count). The van der Waals surface area contributed by atoms with E-state index in [4.69, 9.17) is 9.31 Å². The molecular formula is C27H41BN2O3. The number of carbonyl (C=O) groups excluding carboxylic acids is 1. The van der Waals surface area contributed by atoms with Gasteiger partial charge in [-0.25, -0.2) is 0 Å². The van der Waals surface area contributed by atoms with E-state index in [0.29, 0.717) is 17.5 Å². The Morgan fingerprint density at radius 3 is 2.03 bits per heavy atom. The number of likely N-dealkylation sites (tertiary alicyclic amines) is 1. The van der Waals surface area contributed by atoms with Gasteiger partial charge in [0.2, 0.25) is 5.91 Å². The SMILES string of the molecule is CC1(C)C(=O)N(C2CC(N3C[C@H]4[C@H](C3)C4(C)C)C2)C2=C1CCC(B1OC(C)(C)C(C)(C)O1)=C2. The summed E-state index contributed by atoms with van der Waals surface area (Å²) in [5, 5.41) is 0. The van der Waals surface area contributed by atoms with E-state index in [1.165, 1.54) is 24.1 Å². The van der Waals surface area contributed by atoms with Crippen LogP contribution < -0.4 is 0 Å². The van der Waals surface area contributed by atoms with E-state index >= 15 is 0 Å². The lowest BCUT2D eigenvalue weighted by molar-refractivity contribution is -0.138. The molecule has 0 bridgehead atoms. The Balaban J connectivity index is 1.20. The number of carbonyl (C=O) groups is 1. The summed E-state index contributed by atoms with van der Waals surface area (Å²) >= 11 is 0. The van der Waals surface area contributed by atoms with Crippen molar-refractivity contribution in [2.24, 2.45) is 22.7 Å². The fourth-order valence-electron chi connectivity index (χ4n) is 7.19. The van der Waals surface area contributed by atoms with Crippen LogP contribution in [0.3, 0.4) is 0 Å². The summed E-state index contributed by atoms with van der Waals surface area (Å²) in [4.78, 5) is 18.5. The molecule has 180 valence electrons. The van der Waals surface area contributed by atoms with Crippen LogP contribution >= 0.6 is 0 Å². The Kier molecular flexibility index (Phi) is 4.44. The number of nitrogens with zero attached hydrogens (tertiary/aromatic N) is 2. The lowest BCUT2D eigenvalue weighted by atomic mass is 9.70. The number of rotatable bonds is 3. The van der Waals surface area contributed by atoms with Gasteiger partial charge in [0.05, 0.1) is 16.6 Å². The smallest absolute Gasteiger partial charge is 0.400 e. The molecule has 6 heteroatoms. The van der Waals surface area contributed by atoms with Crippen molar-refractivity contribution in [1.82, 2.24) is 9.80 Å². The van der Waals surface area contributed by atoms with Crippen LogP contribution in [0.25, 0.3) is 0 Å². The lowest BCUT2D eigenvalue weighted by Crippen LogP contribution is -2.55. The molecule has 6 aliphatic rings. The molecule has 0 radical (unpaired) electrons. The molecule has 2 saturated carbocycles. The highest BCUT2D eigenvalue weighted by atomic mass is 16.7. The number of piperidine rings is 1. The highest BCUT2D eigenvalue weighted by Crippen LogP contribution is 2.63. The summed E-state index contributed by atoms with van der Waals surface area (Å²) < 4.78 is 12.7. The van der Waals surface area contributed by atoms with Crippen LogP contribution in [0.4, 0.5) is 0 Å². The maximum atomic E-state index is 13.6. The Labute approximate surface area is 200 Å². The van der Waals surface area contributed by atoms with Crippen LogP contribution in [0.2, 0.25) is 0 Å². The third-order valence-electron chi connectivity index (χ3n) is 10.7. The van der Waals surface area contributed by atoms with Crippen LogP contribution in [-0.4, -0.2) is 59.2 Å². The van der Waals surface area contributed by atoms with Gasteiger partial charge >= 0.3 is 7.12 Å². The van der Waals surface area contributed by atoms with Crippen molar-refractivity contribution >= 4 is 13.0 Å². The van der Waals surface area contributed by atoms with E-state index in [1.807, 2.05) is 0 Å². The minimum Gasteiger partial charge on any atom is -0.400 e. The summed E-state index contributed by atoms with van der Waals surface area (Å²) in [7, 11) is -0.321. The first-order valence-electron chi connectivity index (χ1n) is 13.1. The number of hydrogen-bond acceptors (Lipinski definition) is 4. The Hall–Kier alpha value is -1.11. The molecule has 3 aliphatic heterocycles. The largest absolute Gasteiger partial charge is 0.490 e. The van der Waals surface area contributed by atoms with Crippen molar-refractivity contribution in [3.63, 3.8) is 0 Å². The average molecular weight is 452 g/mol. The maximum absolute atomic E-state index is 13.6. The zero-order chi connectivity index (χ0) is 23.7. The second kappa shape index (κ2) is 6.56. The molecule has 2 saturated heterocycles. The second-order valence-electron chi connectivity index (χ2n) is 13.7. The molecule has 0 N–H and O–H groups in total. The molecule has 3 aliphatic carbocycles. The van der Waals surface area contributed by atoms with Gasteiger partial charge < -0.3 is 14.2 Å². The summed E-state index contributed by atoms with van der Waals surface area (Å²) in [6, 6.07) is 0.974. The molecule has 33 heavy (non-hydrogen) atoms. The fourth-order valence-corrected chi connectivity index (χ4v) is 7.19. The molecule has 0 aromatic carbocycles. The van der Waals surface area contributed by atoms with Crippen molar-refractivity contribution < 1.29 is 14.1 Å². The minimum atomic E-state index is -0.405. The average Bonchev–Trinajstić information content (AvgIpc) is 3.02. The molecule has 1 amide bonds. The normalized spacial score (nSPS) is 40.0. The molecule has 0 aromatic heterocycles. The highest BCUT2D eigenvalue weighted by molar-refractivity contribution is 6.54. The van der Waals surface area contributed by atoms with Crippen molar-refractivity contribution in [1.29, 1.82) is 0 Å². The van der Waals surface area contributed by atoms with Crippen LogP contribution in [0.15, 0.2) is 22.8 Å². The maximum Gasteiger partial charge on any atom is 0.490 e. The van der Waals surface area contributed by atoms with Gasteiger partial charge in [0, 0.05) is 30.9 Å². The summed E-state index contributed by atoms with van der Waals surface area (Å²) in [5.41, 5.74) is 3.10. The summed E-state index contributed by atoms with van der Waals surface area (Å²) in [5.74, 6) is 2.07. The molecule has 0 unspecified atom stereocenters. The highest BCUT2D eigenvalue weighted by Gasteiger charge is 2.63. The van der Waals surface area contributed by atoms with Gasteiger partial charge in [-0.15, -0.1) is 0 Å². The molecule has 0 spiro atoms. The number of fused-ring (bicyclic) bond motifs is 1. The predicted molar refractivity (Wildman–Crippen MR) is 130 cm³/mol. The summed E-state index contributed by atoms with van der Waals surface area (Å²) in [6.45, 7) is 20.0. The van der Waals surface area contributed by atoms with E-state index in [0.717, 1.165) is 43.2 Å². The first-order valence-corrected chi connectivity index (χ1v) is 13.1. The predicted octanol–water partition coefficient (Wildman–Crippen LogP) is 4.58. The standard InChI is InChI=1S/C27H41BN2O3/c1-24(2)20-14-29(15-21(20)24)17-12-18(13-17)30-22-11-16(9-10-19(22)25(3,4)23(30)31)28-32-26(5,6)27(7,8)33-28/h11,17-18,20-21H,9-10,12-15H2,1-8H3/t17?,18?,20-,21-/m0/s1. The van der Waals surface area contributed by atoms with E-state index in [1.54, 1.807) is 0 Å². The van der Waals surface area contributed by atoms with Gasteiger partial charge in [-0.3, -0.25) is 9.69 Å². The van der Waals surface area contributed by atoms with Crippen LogP contribution in [0.1, 0.15) is 81.1 Å². The minimum absolute atomic E-state index is 0.285. The molecule has 5 nitrogen and oxygen atoms in total. The van der Waals surface area contributed by atoms with Crippen LogP contribution in [0.5, 0.6) is 0 Å². The molecule has 4 fully saturated rings. The van der Waals surface area contributed by atoms with Crippen LogP contribution in [-0.2, 0) is 14.1 Å². The van der Waals surface area contributed by atoms with Crippen molar-refractivity contribution in [2.45, 2.75) is 104 Å². The first-order chi connectivity index (χ1) is 15.2. The molecule has 0 aromatic rings. The van der Waals surface area contributed by atoms with Crippen molar-refractivity contribution in [2.75, 3.05) is 13.1 Å². The van der Waals surface area contributed by atoms with Crippen LogP contribution in [0, 0.1) is 22.7 Å². The van der Waals surface area contributed by atoms with Gasteiger partial charge in [-0.2, -0.15) is 0 Å². The Bertz CT molecular complexity index is 942. The van der Waals surface area contributed by atoms with Crippen molar-refractivity contribution in [3.8, 4) is 0 Å². The molecular weight excluding hydrogens is 411 g/mol. The van der Waals surface area contributed by atoms with Gasteiger partial charge in [-0.1, -0.05) is 13.8 Å². The zero-order valence-corrected chi connectivity index (χ0v) is 21.8. The monoisotopic (exact) mass is 452 g/mol. The lowest BCUT2D eigenvalue weighted by Gasteiger charge is -2.47. The molecule has 3 heterocycles. The third kappa shape index (κ3) is 2.99. The van der Waals surface area contributed by atoms with Gasteiger partial charge in [-0.05, 0) is 102 Å². The number of allylic oxidation sites excluding steroid dienone is 2. The van der Waals surface area contributed by atoms with Gasteiger partial charge in [0.25, 0.3) is 0 Å². The second-order valence-corrected chi connectivity index (χ2v) is 13.7.